The van der Waals surface area contributed by atoms with Gasteiger partial charge in [-0.15, -0.1) is 0 Å². The molecular formula is C13H17BrClN3O2. The summed E-state index contributed by atoms with van der Waals surface area (Å²) < 4.78 is 0.785. The van der Waals surface area contributed by atoms with Gasteiger partial charge in [-0.25, -0.2) is 0 Å². The zero-order valence-corrected chi connectivity index (χ0v) is 13.6. The number of amides is 1. The van der Waals surface area contributed by atoms with E-state index in [0.717, 1.165) is 4.47 Å². The van der Waals surface area contributed by atoms with E-state index in [2.05, 4.69) is 26.4 Å². The highest BCUT2D eigenvalue weighted by Crippen LogP contribution is 2.23. The molecule has 0 spiro atoms. The quantitative estimate of drug-likeness (QED) is 0.325. The lowest BCUT2D eigenvalue weighted by molar-refractivity contribution is 0.0918. The first-order valence-electron chi connectivity index (χ1n) is 6.15. The number of nitrogens with two attached hydrogens (primary N) is 1. The molecule has 1 aromatic carbocycles. The second-order valence-corrected chi connectivity index (χ2v) is 5.68. The predicted molar refractivity (Wildman–Crippen MR) is 83.3 cm³/mol. The van der Waals surface area contributed by atoms with Crippen molar-refractivity contribution in [2.75, 3.05) is 0 Å². The molecule has 1 rings (SSSR count). The van der Waals surface area contributed by atoms with Crippen molar-refractivity contribution in [3.05, 3.63) is 33.3 Å². The number of amidine groups is 1. The Kier molecular flexibility index (Phi) is 5.83. The van der Waals surface area contributed by atoms with Crippen LogP contribution in [0.4, 0.5) is 0 Å². The summed E-state index contributed by atoms with van der Waals surface area (Å²) in [6.07, 6.45) is 0.999. The Labute approximate surface area is 131 Å². The lowest BCUT2D eigenvalue weighted by Gasteiger charge is -2.31. The third-order valence-electron chi connectivity index (χ3n) is 3.33. The summed E-state index contributed by atoms with van der Waals surface area (Å²) >= 11 is 9.33. The van der Waals surface area contributed by atoms with Crippen LogP contribution in [0.3, 0.4) is 0 Å². The van der Waals surface area contributed by atoms with E-state index >= 15 is 0 Å². The third-order valence-corrected chi connectivity index (χ3v) is 4.14. The smallest absolute Gasteiger partial charge is 0.253 e. The van der Waals surface area contributed by atoms with E-state index in [4.69, 9.17) is 22.5 Å². The minimum Gasteiger partial charge on any atom is -0.409 e. The molecule has 0 aliphatic rings. The molecule has 1 aromatic rings. The van der Waals surface area contributed by atoms with Crippen molar-refractivity contribution < 1.29 is 10.0 Å². The molecule has 4 N–H and O–H groups in total. The molecule has 0 aliphatic carbocycles. The Morgan fingerprint density at radius 1 is 1.50 bits per heavy atom. The van der Waals surface area contributed by atoms with Gasteiger partial charge in [0.2, 0.25) is 0 Å². The topological polar surface area (TPSA) is 87.7 Å². The average Bonchev–Trinajstić information content (AvgIpc) is 2.43. The van der Waals surface area contributed by atoms with Crippen LogP contribution in [0.1, 0.15) is 37.0 Å². The Hall–Kier alpha value is -1.27. The molecule has 0 aromatic heterocycles. The molecule has 0 radical (unpaired) electrons. The van der Waals surface area contributed by atoms with E-state index in [0.29, 0.717) is 23.4 Å². The summed E-state index contributed by atoms with van der Waals surface area (Å²) in [5, 5.41) is 15.0. The van der Waals surface area contributed by atoms with Crippen LogP contribution in [0.15, 0.2) is 27.8 Å². The maximum Gasteiger partial charge on any atom is 0.253 e. The van der Waals surface area contributed by atoms with E-state index < -0.39 is 5.54 Å². The predicted octanol–water partition coefficient (Wildman–Crippen LogP) is 3.14. The van der Waals surface area contributed by atoms with Gasteiger partial charge in [-0.05, 0) is 31.0 Å². The zero-order valence-electron chi connectivity index (χ0n) is 11.3. The minimum atomic E-state index is -0.887. The van der Waals surface area contributed by atoms with Crippen molar-refractivity contribution in [1.29, 1.82) is 0 Å². The third kappa shape index (κ3) is 3.43. The van der Waals surface area contributed by atoms with Gasteiger partial charge in [0, 0.05) is 4.47 Å². The summed E-state index contributed by atoms with van der Waals surface area (Å²) in [4.78, 5) is 12.3. The normalized spacial score (nSPS) is 12.3. The fraction of sp³-hybridized carbons (Fsp3) is 0.385. The van der Waals surface area contributed by atoms with Crippen molar-refractivity contribution in [1.82, 2.24) is 5.32 Å². The van der Waals surface area contributed by atoms with Crippen LogP contribution in [0.25, 0.3) is 0 Å². The van der Waals surface area contributed by atoms with Crippen molar-refractivity contribution in [2.45, 2.75) is 32.2 Å². The monoisotopic (exact) mass is 361 g/mol. The number of hydrogen-bond donors (Lipinski definition) is 3. The first kappa shape index (κ1) is 16.8. The maximum atomic E-state index is 12.3. The molecule has 5 nitrogen and oxygen atoms in total. The maximum absolute atomic E-state index is 12.3. The van der Waals surface area contributed by atoms with E-state index in [1.54, 1.807) is 18.2 Å². The molecule has 0 atom stereocenters. The van der Waals surface area contributed by atoms with Crippen molar-refractivity contribution >= 4 is 39.3 Å². The summed E-state index contributed by atoms with van der Waals surface area (Å²) in [7, 11) is 0. The first-order valence-corrected chi connectivity index (χ1v) is 7.32. The molecule has 0 saturated heterocycles. The summed E-state index contributed by atoms with van der Waals surface area (Å²) in [6, 6.07) is 4.98. The standard InChI is InChI=1S/C13H17BrClN3O2/c1-3-13(4-2,12(16)18-20)17-11(19)9-6-5-8(14)7-10(9)15/h5-7,20H,3-4H2,1-2H3,(H2,16,18)(H,17,19). The molecule has 0 bridgehead atoms. The number of rotatable bonds is 5. The van der Waals surface area contributed by atoms with Gasteiger partial charge >= 0.3 is 0 Å². The van der Waals surface area contributed by atoms with Gasteiger partial charge in [0.1, 0.15) is 5.54 Å². The van der Waals surface area contributed by atoms with Crippen molar-refractivity contribution in [2.24, 2.45) is 10.9 Å². The molecule has 0 saturated carbocycles. The van der Waals surface area contributed by atoms with E-state index in [1.165, 1.54) is 0 Å². The van der Waals surface area contributed by atoms with Gasteiger partial charge in [-0.1, -0.05) is 46.5 Å². The molecule has 7 heteroatoms. The Bertz CT molecular complexity index is 530. The highest BCUT2D eigenvalue weighted by atomic mass is 79.9. The van der Waals surface area contributed by atoms with E-state index in [-0.39, 0.29) is 11.7 Å². The van der Waals surface area contributed by atoms with Gasteiger partial charge in [0.15, 0.2) is 5.84 Å². The summed E-state index contributed by atoms with van der Waals surface area (Å²) in [5.41, 5.74) is 5.16. The molecule has 1 amide bonds. The molecule has 0 heterocycles. The number of nitrogens with zero attached hydrogens (tertiary/aromatic N) is 1. The van der Waals surface area contributed by atoms with Crippen LogP contribution in [0.2, 0.25) is 5.02 Å². The highest BCUT2D eigenvalue weighted by molar-refractivity contribution is 9.10. The van der Waals surface area contributed by atoms with E-state index in [9.17, 15) is 4.79 Å². The second-order valence-electron chi connectivity index (χ2n) is 4.35. The number of hydrogen-bond acceptors (Lipinski definition) is 3. The van der Waals surface area contributed by atoms with Crippen LogP contribution in [0, 0.1) is 0 Å². The van der Waals surface area contributed by atoms with Crippen molar-refractivity contribution in [3.8, 4) is 0 Å². The number of nitrogens with one attached hydrogen (secondary N) is 1. The van der Waals surface area contributed by atoms with Gasteiger partial charge in [0.25, 0.3) is 5.91 Å². The SMILES string of the molecule is CCC(CC)(NC(=O)c1ccc(Br)cc1Cl)/C(N)=N/O. The van der Waals surface area contributed by atoms with Gasteiger partial charge in [0.05, 0.1) is 10.6 Å². The Balaban J connectivity index is 3.09. The summed E-state index contributed by atoms with van der Waals surface area (Å²) in [5.74, 6) is -0.387. The van der Waals surface area contributed by atoms with E-state index in [1.807, 2.05) is 13.8 Å². The molecule has 110 valence electrons. The Morgan fingerprint density at radius 2 is 2.10 bits per heavy atom. The lowest BCUT2D eigenvalue weighted by atomic mass is 9.91. The molecule has 20 heavy (non-hydrogen) atoms. The minimum absolute atomic E-state index is 0.0240. The fourth-order valence-electron chi connectivity index (χ4n) is 1.91. The molecule has 0 fully saturated rings. The van der Waals surface area contributed by atoms with Crippen LogP contribution in [0.5, 0.6) is 0 Å². The fourth-order valence-corrected chi connectivity index (χ4v) is 2.67. The number of carbonyl (C=O) groups excluding carboxylic acids is 1. The zero-order chi connectivity index (χ0) is 15.3. The van der Waals surface area contributed by atoms with Gasteiger partial charge < -0.3 is 16.3 Å². The van der Waals surface area contributed by atoms with Crippen LogP contribution in [-0.2, 0) is 0 Å². The van der Waals surface area contributed by atoms with Crippen LogP contribution >= 0.6 is 27.5 Å². The molecule has 0 unspecified atom stereocenters. The number of carbonyl (C=O) groups is 1. The number of benzene rings is 1. The lowest BCUT2D eigenvalue weighted by Crippen LogP contribution is -2.56. The van der Waals surface area contributed by atoms with Crippen molar-refractivity contribution in [3.63, 3.8) is 0 Å². The summed E-state index contributed by atoms with van der Waals surface area (Å²) in [6.45, 7) is 3.70. The number of halogens is 2. The number of oxime groups is 1. The van der Waals surface area contributed by atoms with Crippen LogP contribution in [-0.4, -0.2) is 22.5 Å². The van der Waals surface area contributed by atoms with Crippen LogP contribution < -0.4 is 11.1 Å². The molecular weight excluding hydrogens is 346 g/mol. The second kappa shape index (κ2) is 6.95. The highest BCUT2D eigenvalue weighted by Gasteiger charge is 2.33. The Morgan fingerprint density at radius 3 is 2.55 bits per heavy atom. The molecule has 0 aliphatic heterocycles. The largest absolute Gasteiger partial charge is 0.409 e. The average molecular weight is 363 g/mol. The van der Waals surface area contributed by atoms with Gasteiger partial charge in [-0.2, -0.15) is 0 Å². The first-order chi connectivity index (χ1) is 9.40. The van der Waals surface area contributed by atoms with Gasteiger partial charge in [-0.3, -0.25) is 4.79 Å².